The summed E-state index contributed by atoms with van der Waals surface area (Å²) in [6, 6.07) is 23.9. The van der Waals surface area contributed by atoms with Crippen molar-refractivity contribution < 1.29 is 14.7 Å². The van der Waals surface area contributed by atoms with Crippen LogP contribution in [0.25, 0.3) is 11.1 Å². The van der Waals surface area contributed by atoms with Gasteiger partial charge in [-0.05, 0) is 23.3 Å². The molecular formula is C22H15ClO3. The summed E-state index contributed by atoms with van der Waals surface area (Å²) in [5, 5.41) is 10.3. The molecule has 0 amide bonds. The van der Waals surface area contributed by atoms with Crippen molar-refractivity contribution in [2.75, 3.05) is 0 Å². The predicted octanol–water partition coefficient (Wildman–Crippen LogP) is 5.22. The summed E-state index contributed by atoms with van der Waals surface area (Å²) < 4.78 is 0. The quantitative estimate of drug-likeness (QED) is 0.384. The molecule has 26 heavy (non-hydrogen) atoms. The summed E-state index contributed by atoms with van der Waals surface area (Å²) in [4.78, 5) is 25.3. The highest BCUT2D eigenvalue weighted by molar-refractivity contribution is 6.43. The van der Waals surface area contributed by atoms with Gasteiger partial charge in [0.05, 0.1) is 5.57 Å². The number of Topliss-reactive ketones (excluding diaryl/α,β-unsaturated/α-hetero) is 1. The topological polar surface area (TPSA) is 54.4 Å². The third-order valence-corrected chi connectivity index (χ3v) is 4.14. The first-order valence-corrected chi connectivity index (χ1v) is 8.34. The van der Waals surface area contributed by atoms with Crippen LogP contribution in [-0.4, -0.2) is 16.9 Å². The second kappa shape index (κ2) is 7.81. The molecule has 0 aliphatic carbocycles. The Balaban J connectivity index is 2.30. The van der Waals surface area contributed by atoms with E-state index in [0.29, 0.717) is 21.7 Å². The summed E-state index contributed by atoms with van der Waals surface area (Å²) in [6.07, 6.45) is 0. The van der Waals surface area contributed by atoms with Gasteiger partial charge in [-0.15, -0.1) is 0 Å². The van der Waals surface area contributed by atoms with E-state index in [1.807, 2.05) is 6.07 Å². The Morgan fingerprint density at radius 2 is 1.15 bits per heavy atom. The zero-order valence-corrected chi connectivity index (χ0v) is 14.5. The van der Waals surface area contributed by atoms with E-state index in [4.69, 9.17) is 11.6 Å². The standard InChI is InChI=1S/C22H15ClO3/c23-18-13-7-12-17(14-18)21(24)19(15-8-3-1-4-9-15)20(22(25)26)16-10-5-2-6-11-16/h1-14H,(H,25,26)/b20-19-. The van der Waals surface area contributed by atoms with Crippen LogP contribution < -0.4 is 0 Å². The molecule has 3 aromatic rings. The van der Waals surface area contributed by atoms with E-state index in [1.165, 1.54) is 6.07 Å². The smallest absolute Gasteiger partial charge is 0.337 e. The number of carbonyl (C=O) groups excluding carboxylic acids is 1. The van der Waals surface area contributed by atoms with Crippen LogP contribution in [0.3, 0.4) is 0 Å². The van der Waals surface area contributed by atoms with Crippen LogP contribution in [0.2, 0.25) is 5.02 Å². The second-order valence-corrected chi connectivity index (χ2v) is 6.06. The number of ketones is 1. The maximum Gasteiger partial charge on any atom is 0.337 e. The molecule has 0 aliphatic heterocycles. The molecule has 0 bridgehead atoms. The largest absolute Gasteiger partial charge is 0.478 e. The van der Waals surface area contributed by atoms with Gasteiger partial charge < -0.3 is 5.11 Å². The van der Waals surface area contributed by atoms with Crippen LogP contribution in [0, 0.1) is 0 Å². The lowest BCUT2D eigenvalue weighted by molar-refractivity contribution is -0.130. The van der Waals surface area contributed by atoms with Gasteiger partial charge in [0.2, 0.25) is 0 Å². The number of carboxylic acids is 1. The van der Waals surface area contributed by atoms with Gasteiger partial charge in [0, 0.05) is 16.2 Å². The van der Waals surface area contributed by atoms with Crippen molar-refractivity contribution in [3.63, 3.8) is 0 Å². The van der Waals surface area contributed by atoms with Crippen LogP contribution >= 0.6 is 11.6 Å². The first kappa shape index (κ1) is 17.6. The Labute approximate surface area is 156 Å². The molecule has 0 saturated heterocycles. The minimum atomic E-state index is -1.16. The van der Waals surface area contributed by atoms with Crippen molar-refractivity contribution in [2.45, 2.75) is 0 Å². The molecule has 0 unspecified atom stereocenters. The zero-order valence-electron chi connectivity index (χ0n) is 13.7. The third-order valence-electron chi connectivity index (χ3n) is 3.90. The maximum atomic E-state index is 13.2. The highest BCUT2D eigenvalue weighted by atomic mass is 35.5. The fraction of sp³-hybridized carbons (Fsp3) is 0. The van der Waals surface area contributed by atoms with Crippen LogP contribution in [0.4, 0.5) is 0 Å². The maximum absolute atomic E-state index is 13.2. The van der Waals surface area contributed by atoms with Crippen LogP contribution in [0.5, 0.6) is 0 Å². The van der Waals surface area contributed by atoms with E-state index in [1.54, 1.807) is 72.8 Å². The molecule has 0 fully saturated rings. The molecule has 0 radical (unpaired) electrons. The molecule has 1 N–H and O–H groups in total. The Hall–Kier alpha value is -3.17. The SMILES string of the molecule is O=C(O)/C(=C(\C(=O)c1cccc(Cl)c1)c1ccccc1)c1ccccc1. The number of hydrogen-bond donors (Lipinski definition) is 1. The molecule has 3 rings (SSSR count). The molecule has 3 aromatic carbocycles. The monoisotopic (exact) mass is 362 g/mol. The minimum Gasteiger partial charge on any atom is -0.478 e. The number of halogens is 1. The summed E-state index contributed by atoms with van der Waals surface area (Å²) in [5.41, 5.74) is 1.44. The van der Waals surface area contributed by atoms with Crippen LogP contribution in [0.1, 0.15) is 21.5 Å². The lowest BCUT2D eigenvalue weighted by atomic mass is 9.89. The molecule has 3 nitrogen and oxygen atoms in total. The molecule has 0 aromatic heterocycles. The Morgan fingerprint density at radius 3 is 1.65 bits per heavy atom. The average molecular weight is 363 g/mol. The number of hydrogen-bond acceptors (Lipinski definition) is 2. The van der Waals surface area contributed by atoms with E-state index < -0.39 is 5.97 Å². The van der Waals surface area contributed by atoms with Crippen molar-refractivity contribution in [3.8, 4) is 0 Å². The summed E-state index contributed by atoms with van der Waals surface area (Å²) >= 11 is 6.01. The minimum absolute atomic E-state index is 0.0400. The Morgan fingerprint density at radius 1 is 0.654 bits per heavy atom. The van der Waals surface area contributed by atoms with Crippen molar-refractivity contribution in [1.29, 1.82) is 0 Å². The van der Waals surface area contributed by atoms with E-state index >= 15 is 0 Å². The van der Waals surface area contributed by atoms with E-state index in [-0.39, 0.29) is 16.9 Å². The van der Waals surface area contributed by atoms with Gasteiger partial charge in [0.15, 0.2) is 5.78 Å². The molecule has 128 valence electrons. The fourth-order valence-corrected chi connectivity index (χ4v) is 2.94. The number of allylic oxidation sites excluding steroid dienone is 1. The summed E-state index contributed by atoms with van der Waals surface area (Å²) in [7, 11) is 0. The highest BCUT2D eigenvalue weighted by Crippen LogP contribution is 2.30. The van der Waals surface area contributed by atoms with Gasteiger partial charge in [-0.2, -0.15) is 0 Å². The van der Waals surface area contributed by atoms with Crippen LogP contribution in [0.15, 0.2) is 84.9 Å². The third kappa shape index (κ3) is 3.73. The highest BCUT2D eigenvalue weighted by Gasteiger charge is 2.24. The number of carbonyl (C=O) groups is 2. The lowest BCUT2D eigenvalue weighted by Gasteiger charge is -2.13. The molecule has 0 spiro atoms. The average Bonchev–Trinajstić information content (AvgIpc) is 2.66. The van der Waals surface area contributed by atoms with Crippen molar-refractivity contribution >= 4 is 34.5 Å². The first-order chi connectivity index (χ1) is 12.6. The van der Waals surface area contributed by atoms with Gasteiger partial charge >= 0.3 is 5.97 Å². The van der Waals surface area contributed by atoms with Crippen molar-refractivity contribution in [1.82, 2.24) is 0 Å². The van der Waals surface area contributed by atoms with Crippen molar-refractivity contribution in [2.24, 2.45) is 0 Å². The van der Waals surface area contributed by atoms with Gasteiger partial charge in [0.1, 0.15) is 0 Å². The van der Waals surface area contributed by atoms with E-state index in [2.05, 4.69) is 0 Å². The lowest BCUT2D eigenvalue weighted by Crippen LogP contribution is -2.11. The molecule has 0 atom stereocenters. The summed E-state index contributed by atoms with van der Waals surface area (Å²) in [6.45, 7) is 0. The summed E-state index contributed by atoms with van der Waals surface area (Å²) in [5.74, 6) is -1.55. The molecule has 4 heteroatoms. The zero-order chi connectivity index (χ0) is 18.5. The normalized spacial score (nSPS) is 11.6. The van der Waals surface area contributed by atoms with Gasteiger partial charge in [-0.1, -0.05) is 84.4 Å². The Kier molecular flexibility index (Phi) is 5.30. The first-order valence-electron chi connectivity index (χ1n) is 7.96. The molecule has 0 aliphatic rings. The predicted molar refractivity (Wildman–Crippen MR) is 103 cm³/mol. The Bertz CT molecular complexity index is 977. The van der Waals surface area contributed by atoms with Crippen LogP contribution in [-0.2, 0) is 4.79 Å². The molecule has 0 heterocycles. The second-order valence-electron chi connectivity index (χ2n) is 5.63. The fourth-order valence-electron chi connectivity index (χ4n) is 2.75. The number of benzene rings is 3. The van der Waals surface area contributed by atoms with Gasteiger partial charge in [-0.3, -0.25) is 4.79 Å². The van der Waals surface area contributed by atoms with E-state index in [9.17, 15) is 14.7 Å². The van der Waals surface area contributed by atoms with E-state index in [0.717, 1.165) is 0 Å². The van der Waals surface area contributed by atoms with Gasteiger partial charge in [0.25, 0.3) is 0 Å². The molecule has 0 saturated carbocycles. The number of carboxylic acid groups (broad SMARTS) is 1. The molecular weight excluding hydrogens is 348 g/mol. The van der Waals surface area contributed by atoms with Gasteiger partial charge in [-0.25, -0.2) is 4.79 Å². The number of aliphatic carboxylic acids is 1. The van der Waals surface area contributed by atoms with Crippen molar-refractivity contribution in [3.05, 3.63) is 107 Å². The number of rotatable bonds is 5.